The van der Waals surface area contributed by atoms with Crippen molar-refractivity contribution in [2.45, 2.75) is 97.7 Å². The van der Waals surface area contributed by atoms with Gasteiger partial charge in [0.25, 0.3) is 0 Å². The molecular formula is C33H48O4. The molecule has 1 aromatic rings. The summed E-state index contributed by atoms with van der Waals surface area (Å²) < 4.78 is 0. The van der Waals surface area contributed by atoms with E-state index in [0.29, 0.717) is 47.0 Å². The fourth-order valence-corrected chi connectivity index (χ4v) is 10.3. The maximum Gasteiger partial charge on any atom is 0.336 e. The van der Waals surface area contributed by atoms with Crippen molar-refractivity contribution in [1.82, 2.24) is 0 Å². The van der Waals surface area contributed by atoms with Crippen molar-refractivity contribution < 1.29 is 20.1 Å². The minimum atomic E-state index is -0.879. The van der Waals surface area contributed by atoms with Gasteiger partial charge in [-0.2, -0.15) is 0 Å². The number of hydrogen-bond acceptors (Lipinski definition) is 3. The van der Waals surface area contributed by atoms with E-state index in [1.165, 1.54) is 25.7 Å². The van der Waals surface area contributed by atoms with Gasteiger partial charge < -0.3 is 15.3 Å². The summed E-state index contributed by atoms with van der Waals surface area (Å²) >= 11 is 0. The maximum atomic E-state index is 11.9. The molecule has 0 heterocycles. The van der Waals surface area contributed by atoms with Crippen LogP contribution >= 0.6 is 0 Å². The summed E-state index contributed by atoms with van der Waals surface area (Å²) in [7, 11) is 0. The summed E-state index contributed by atoms with van der Waals surface area (Å²) in [5.74, 6) is 2.55. The van der Waals surface area contributed by atoms with Crippen LogP contribution in [0.2, 0.25) is 0 Å². The Hall–Kier alpha value is -1.65. The Morgan fingerprint density at radius 3 is 2.46 bits per heavy atom. The Morgan fingerprint density at radius 1 is 1.03 bits per heavy atom. The lowest BCUT2D eigenvalue weighted by Crippen LogP contribution is -2.62. The van der Waals surface area contributed by atoms with Crippen molar-refractivity contribution >= 4 is 12.0 Å². The van der Waals surface area contributed by atoms with Gasteiger partial charge in [0.05, 0.1) is 17.8 Å². The first-order valence-corrected chi connectivity index (χ1v) is 15.0. The van der Waals surface area contributed by atoms with Gasteiger partial charge in [-0.1, -0.05) is 64.5 Å². The Kier molecular flexibility index (Phi) is 7.39. The SMILES string of the molecule is CC[C@@H]1C2C[C@H](O)CCC2(C)[C@H]2CCC3(C)[C@@H]([C@H](C)C/C=C/c4ccccc4C(=O)O)CC[C@H]3C2[C@@H]1O. The highest BCUT2D eigenvalue weighted by Crippen LogP contribution is 2.69. The molecular weight excluding hydrogens is 460 g/mol. The molecule has 0 aliphatic heterocycles. The van der Waals surface area contributed by atoms with Crippen molar-refractivity contribution in [3.8, 4) is 0 Å². The summed E-state index contributed by atoms with van der Waals surface area (Å²) in [5, 5.41) is 31.9. The number of aliphatic hydroxyl groups excluding tert-OH is 2. The van der Waals surface area contributed by atoms with Gasteiger partial charge in [-0.15, -0.1) is 0 Å². The average Bonchev–Trinajstić information content (AvgIpc) is 3.22. The summed E-state index contributed by atoms with van der Waals surface area (Å²) in [5.41, 5.74) is 1.63. The monoisotopic (exact) mass is 508 g/mol. The van der Waals surface area contributed by atoms with Gasteiger partial charge in [0, 0.05) is 0 Å². The molecule has 4 unspecified atom stereocenters. The third-order valence-corrected chi connectivity index (χ3v) is 12.1. The van der Waals surface area contributed by atoms with Crippen molar-refractivity contribution in [3.05, 3.63) is 41.5 Å². The van der Waals surface area contributed by atoms with Crippen LogP contribution in [0.25, 0.3) is 6.08 Å². The Labute approximate surface area is 223 Å². The van der Waals surface area contributed by atoms with Gasteiger partial charge in [-0.05, 0) is 115 Å². The molecule has 3 N–H and O–H groups in total. The molecule has 4 fully saturated rings. The molecule has 204 valence electrons. The van der Waals surface area contributed by atoms with Gasteiger partial charge in [-0.25, -0.2) is 4.79 Å². The second-order valence-electron chi connectivity index (χ2n) is 13.6. The van der Waals surface area contributed by atoms with Crippen LogP contribution in [-0.2, 0) is 0 Å². The van der Waals surface area contributed by atoms with Crippen molar-refractivity contribution in [2.75, 3.05) is 0 Å². The topological polar surface area (TPSA) is 77.8 Å². The van der Waals surface area contributed by atoms with Crippen LogP contribution in [0.1, 0.15) is 101 Å². The van der Waals surface area contributed by atoms with E-state index >= 15 is 0 Å². The smallest absolute Gasteiger partial charge is 0.336 e. The molecule has 4 saturated carbocycles. The standard InChI is InChI=1S/C33H48O4/c1-5-23-28-19-22(34)15-17-33(28,4)27-16-18-32(3)25(13-14-26(32)29(27)30(23)35)20(2)9-8-11-21-10-6-7-12-24(21)31(36)37/h6-8,10-12,20,22-23,25-30,34-35H,5,9,13-19H2,1-4H3,(H,36,37)/b11-8+/t20-,22-,23-,25-,26+,27+,28?,29?,30-,32?,33?/m1/s1. The number of carboxylic acid groups (broad SMARTS) is 1. The molecule has 4 aliphatic rings. The number of carboxylic acids is 1. The summed E-state index contributed by atoms with van der Waals surface area (Å²) in [6, 6.07) is 7.23. The van der Waals surface area contributed by atoms with Crippen LogP contribution in [0.5, 0.6) is 0 Å². The third-order valence-electron chi connectivity index (χ3n) is 12.1. The predicted molar refractivity (Wildman–Crippen MR) is 148 cm³/mol. The number of benzene rings is 1. The minimum Gasteiger partial charge on any atom is -0.478 e. The fraction of sp³-hybridized carbons (Fsp3) is 0.727. The van der Waals surface area contributed by atoms with E-state index in [0.717, 1.165) is 37.7 Å². The van der Waals surface area contributed by atoms with E-state index in [-0.39, 0.29) is 23.0 Å². The molecule has 0 amide bonds. The van der Waals surface area contributed by atoms with Gasteiger partial charge >= 0.3 is 5.97 Å². The molecule has 0 spiro atoms. The van der Waals surface area contributed by atoms with Gasteiger partial charge in [0.1, 0.15) is 0 Å². The van der Waals surface area contributed by atoms with E-state index in [9.17, 15) is 20.1 Å². The third kappa shape index (κ3) is 4.40. The van der Waals surface area contributed by atoms with Gasteiger partial charge in [0.15, 0.2) is 0 Å². The van der Waals surface area contributed by atoms with Crippen LogP contribution in [0.4, 0.5) is 0 Å². The molecule has 0 aromatic heterocycles. The fourth-order valence-electron chi connectivity index (χ4n) is 10.3. The van der Waals surface area contributed by atoms with Crippen molar-refractivity contribution in [3.63, 3.8) is 0 Å². The number of carbonyl (C=O) groups is 1. The summed E-state index contributed by atoms with van der Waals surface area (Å²) in [6.07, 6.45) is 13.5. The zero-order valence-corrected chi connectivity index (χ0v) is 23.3. The first-order chi connectivity index (χ1) is 17.6. The number of rotatable bonds is 6. The van der Waals surface area contributed by atoms with Crippen LogP contribution < -0.4 is 0 Å². The molecule has 4 heteroatoms. The number of aliphatic hydroxyl groups is 2. The molecule has 4 nitrogen and oxygen atoms in total. The van der Waals surface area contributed by atoms with Crippen molar-refractivity contribution in [1.29, 1.82) is 0 Å². The van der Waals surface area contributed by atoms with E-state index in [2.05, 4.69) is 33.8 Å². The molecule has 37 heavy (non-hydrogen) atoms. The first kappa shape index (κ1) is 26.9. The summed E-state index contributed by atoms with van der Waals surface area (Å²) in [6.45, 7) is 9.65. The highest BCUT2D eigenvalue weighted by molar-refractivity contribution is 5.92. The molecule has 1 aromatic carbocycles. The minimum absolute atomic E-state index is 0.197. The molecule has 4 aliphatic carbocycles. The van der Waals surface area contributed by atoms with E-state index < -0.39 is 5.97 Å². The van der Waals surface area contributed by atoms with Gasteiger partial charge in [-0.3, -0.25) is 0 Å². The number of allylic oxidation sites excluding steroid dienone is 1. The molecule has 11 atom stereocenters. The largest absolute Gasteiger partial charge is 0.478 e. The molecule has 0 bridgehead atoms. The Bertz CT molecular complexity index is 1020. The average molecular weight is 509 g/mol. The molecule has 5 rings (SSSR count). The van der Waals surface area contributed by atoms with Crippen LogP contribution in [0, 0.1) is 52.3 Å². The number of aromatic carboxylic acids is 1. The van der Waals surface area contributed by atoms with Crippen molar-refractivity contribution in [2.24, 2.45) is 52.3 Å². The van der Waals surface area contributed by atoms with Crippen LogP contribution in [-0.4, -0.2) is 33.5 Å². The maximum absolute atomic E-state index is 11.9. The van der Waals surface area contributed by atoms with Crippen LogP contribution in [0.3, 0.4) is 0 Å². The first-order valence-electron chi connectivity index (χ1n) is 15.0. The molecule has 0 radical (unpaired) electrons. The lowest BCUT2D eigenvalue weighted by Gasteiger charge is -2.64. The summed E-state index contributed by atoms with van der Waals surface area (Å²) in [4.78, 5) is 11.6. The van der Waals surface area contributed by atoms with E-state index in [1.807, 2.05) is 18.2 Å². The molecule has 0 saturated heterocycles. The highest BCUT2D eigenvalue weighted by Gasteiger charge is 2.64. The predicted octanol–water partition coefficient (Wildman–Crippen LogP) is 7.05. The van der Waals surface area contributed by atoms with E-state index in [4.69, 9.17) is 0 Å². The zero-order chi connectivity index (χ0) is 26.5. The van der Waals surface area contributed by atoms with E-state index in [1.54, 1.807) is 12.1 Å². The number of hydrogen-bond donors (Lipinski definition) is 3. The lowest BCUT2D eigenvalue weighted by atomic mass is 9.41. The second kappa shape index (κ2) is 10.2. The van der Waals surface area contributed by atoms with Gasteiger partial charge in [0.2, 0.25) is 0 Å². The zero-order valence-electron chi connectivity index (χ0n) is 23.3. The second-order valence-corrected chi connectivity index (χ2v) is 13.6. The lowest BCUT2D eigenvalue weighted by molar-refractivity contribution is -0.203. The highest BCUT2D eigenvalue weighted by atomic mass is 16.4. The quantitative estimate of drug-likeness (QED) is 0.385. The van der Waals surface area contributed by atoms with Crippen LogP contribution in [0.15, 0.2) is 30.3 Å². The number of fused-ring (bicyclic) bond motifs is 5. The Morgan fingerprint density at radius 2 is 1.73 bits per heavy atom. The normalized spacial score (nSPS) is 44.2. The Balaban J connectivity index is 1.34.